The molecule has 1 aromatic rings. The Morgan fingerprint density at radius 2 is 1.73 bits per heavy atom. The van der Waals surface area contributed by atoms with E-state index in [9.17, 15) is 4.79 Å². The second-order valence-corrected chi connectivity index (χ2v) is 9.47. The molecule has 26 heavy (non-hydrogen) atoms. The average molecular weight is 365 g/mol. The maximum atomic E-state index is 11.9. The summed E-state index contributed by atoms with van der Waals surface area (Å²) in [5.41, 5.74) is -0.891. The molecular formula is C18H32BN3O4. The number of hydrogen-bond donors (Lipinski definition) is 1. The number of rotatable bonds is 4. The van der Waals surface area contributed by atoms with Gasteiger partial charge in [0.15, 0.2) is 0 Å². The van der Waals surface area contributed by atoms with Crippen LogP contribution in [-0.2, 0) is 19.6 Å². The van der Waals surface area contributed by atoms with Crippen molar-refractivity contribution in [3.8, 4) is 0 Å². The number of carbonyl (C=O) groups is 1. The van der Waals surface area contributed by atoms with Gasteiger partial charge < -0.3 is 19.4 Å². The fraction of sp³-hybridized carbons (Fsp3) is 0.778. The lowest BCUT2D eigenvalue weighted by Gasteiger charge is -2.32. The van der Waals surface area contributed by atoms with Gasteiger partial charge in [-0.05, 0) is 62.3 Å². The Morgan fingerprint density at radius 3 is 2.23 bits per heavy atom. The molecule has 1 fully saturated rings. The molecule has 1 aliphatic rings. The highest BCUT2D eigenvalue weighted by molar-refractivity contribution is 6.62. The molecule has 146 valence electrons. The van der Waals surface area contributed by atoms with Crippen molar-refractivity contribution in [1.82, 2.24) is 15.1 Å². The molecule has 0 aliphatic carbocycles. The van der Waals surface area contributed by atoms with Gasteiger partial charge in [0.2, 0.25) is 0 Å². The number of nitrogens with one attached hydrogen (secondary N) is 1. The molecule has 1 aromatic heterocycles. The third kappa shape index (κ3) is 4.59. The molecule has 1 amide bonds. The van der Waals surface area contributed by atoms with Gasteiger partial charge in [-0.1, -0.05) is 0 Å². The fourth-order valence-electron chi connectivity index (χ4n) is 2.45. The molecule has 0 unspecified atom stereocenters. The first kappa shape index (κ1) is 20.8. The van der Waals surface area contributed by atoms with Crippen molar-refractivity contribution in [3.05, 3.63) is 12.4 Å². The van der Waals surface area contributed by atoms with Crippen molar-refractivity contribution in [1.29, 1.82) is 0 Å². The van der Waals surface area contributed by atoms with Gasteiger partial charge in [-0.2, -0.15) is 5.10 Å². The molecule has 7 nitrogen and oxygen atoms in total. The number of carbonyl (C=O) groups excluding carboxylic acids is 1. The summed E-state index contributed by atoms with van der Waals surface area (Å²) in [6.07, 6.45) is 3.21. The quantitative estimate of drug-likeness (QED) is 0.830. The van der Waals surface area contributed by atoms with Crippen LogP contribution in [0.25, 0.3) is 0 Å². The summed E-state index contributed by atoms with van der Waals surface area (Å²) in [7, 11) is -0.455. The van der Waals surface area contributed by atoms with Crippen LogP contribution in [-0.4, -0.2) is 46.3 Å². The van der Waals surface area contributed by atoms with Gasteiger partial charge in [0, 0.05) is 24.4 Å². The first-order valence-electron chi connectivity index (χ1n) is 9.01. The molecule has 0 bridgehead atoms. The van der Waals surface area contributed by atoms with E-state index in [1.54, 1.807) is 6.20 Å². The van der Waals surface area contributed by atoms with E-state index >= 15 is 0 Å². The van der Waals surface area contributed by atoms with Crippen molar-refractivity contribution in [2.45, 2.75) is 84.7 Å². The second-order valence-electron chi connectivity index (χ2n) is 9.47. The Hall–Kier alpha value is -1.54. The lowest BCUT2D eigenvalue weighted by molar-refractivity contribution is 0.00578. The molecule has 0 saturated carbocycles. The largest absolute Gasteiger partial charge is 0.498 e. The van der Waals surface area contributed by atoms with Crippen molar-refractivity contribution in [2.24, 2.45) is 0 Å². The van der Waals surface area contributed by atoms with E-state index in [2.05, 4.69) is 10.4 Å². The Balaban J connectivity index is 2.03. The third-order valence-corrected chi connectivity index (χ3v) is 4.81. The smallest absolute Gasteiger partial charge is 0.444 e. The zero-order valence-corrected chi connectivity index (χ0v) is 17.5. The van der Waals surface area contributed by atoms with Crippen LogP contribution in [0.3, 0.4) is 0 Å². The van der Waals surface area contributed by atoms with Crippen molar-refractivity contribution in [2.75, 3.05) is 6.54 Å². The van der Waals surface area contributed by atoms with Gasteiger partial charge in [0.05, 0.1) is 16.7 Å². The van der Waals surface area contributed by atoms with Gasteiger partial charge in [0.25, 0.3) is 0 Å². The van der Waals surface area contributed by atoms with Crippen LogP contribution < -0.4 is 10.8 Å². The molecule has 1 saturated heterocycles. The van der Waals surface area contributed by atoms with E-state index in [4.69, 9.17) is 14.0 Å². The summed E-state index contributed by atoms with van der Waals surface area (Å²) in [4.78, 5) is 11.9. The number of amides is 1. The highest BCUT2D eigenvalue weighted by Crippen LogP contribution is 2.36. The number of aromatic nitrogens is 2. The molecule has 1 aliphatic heterocycles. The van der Waals surface area contributed by atoms with Crippen molar-refractivity contribution < 1.29 is 18.8 Å². The summed E-state index contributed by atoms with van der Waals surface area (Å²) in [6.45, 7) is 18.0. The summed E-state index contributed by atoms with van der Waals surface area (Å²) in [5, 5.41) is 7.24. The number of nitrogens with zero attached hydrogens (tertiary/aromatic N) is 2. The molecule has 2 rings (SSSR count). The number of alkyl carbamates (subject to hydrolysis) is 1. The van der Waals surface area contributed by atoms with Crippen LogP contribution in [0, 0.1) is 0 Å². The summed E-state index contributed by atoms with van der Waals surface area (Å²) in [5.74, 6) is 0. The zero-order valence-electron chi connectivity index (χ0n) is 17.5. The van der Waals surface area contributed by atoms with Crippen LogP contribution in [0.1, 0.15) is 62.3 Å². The molecule has 0 spiro atoms. The summed E-state index contributed by atoms with van der Waals surface area (Å²) >= 11 is 0. The van der Waals surface area contributed by atoms with Gasteiger partial charge >= 0.3 is 13.2 Å². The first-order valence-corrected chi connectivity index (χ1v) is 9.01. The van der Waals surface area contributed by atoms with E-state index < -0.39 is 35.6 Å². The Kier molecular flexibility index (Phi) is 5.25. The van der Waals surface area contributed by atoms with Gasteiger partial charge in [-0.3, -0.25) is 4.68 Å². The highest BCUT2D eigenvalue weighted by Gasteiger charge is 2.52. The average Bonchev–Trinajstić information content (AvgIpc) is 2.99. The predicted octanol–water partition coefficient (Wildman–Crippen LogP) is 2.44. The maximum Gasteiger partial charge on any atom is 0.498 e. The van der Waals surface area contributed by atoms with E-state index in [0.29, 0.717) is 6.54 Å². The topological polar surface area (TPSA) is 74.6 Å². The SMILES string of the molecule is CC(C)(C)OC(=O)NCC(C)(C)n1cc(B2OC(C)(C)C(C)(C)O2)cn1. The molecule has 0 aromatic carbocycles. The second kappa shape index (κ2) is 6.57. The van der Waals surface area contributed by atoms with Crippen LogP contribution >= 0.6 is 0 Å². The van der Waals surface area contributed by atoms with E-state index in [1.807, 2.05) is 73.2 Å². The van der Waals surface area contributed by atoms with Crippen LogP contribution in [0.15, 0.2) is 12.4 Å². The summed E-state index contributed by atoms with van der Waals surface area (Å²) < 4.78 is 19.2. The molecule has 1 N–H and O–H groups in total. The minimum Gasteiger partial charge on any atom is -0.444 e. The van der Waals surface area contributed by atoms with Gasteiger partial charge in [-0.15, -0.1) is 0 Å². The predicted molar refractivity (Wildman–Crippen MR) is 102 cm³/mol. The van der Waals surface area contributed by atoms with Crippen molar-refractivity contribution >= 4 is 18.7 Å². The van der Waals surface area contributed by atoms with Gasteiger partial charge in [-0.25, -0.2) is 4.79 Å². The zero-order chi connectivity index (χ0) is 20.0. The molecular weight excluding hydrogens is 333 g/mol. The Bertz CT molecular complexity index is 646. The normalized spacial score (nSPS) is 19.5. The summed E-state index contributed by atoms with van der Waals surface area (Å²) in [6, 6.07) is 0. The van der Waals surface area contributed by atoms with Gasteiger partial charge in [0.1, 0.15) is 5.60 Å². The monoisotopic (exact) mass is 365 g/mol. The molecule has 2 heterocycles. The lowest BCUT2D eigenvalue weighted by atomic mass is 9.82. The molecule has 0 atom stereocenters. The third-order valence-electron chi connectivity index (χ3n) is 4.81. The fourth-order valence-corrected chi connectivity index (χ4v) is 2.45. The highest BCUT2D eigenvalue weighted by atomic mass is 16.7. The Morgan fingerprint density at radius 1 is 1.19 bits per heavy atom. The van der Waals surface area contributed by atoms with Crippen LogP contribution in [0.5, 0.6) is 0 Å². The lowest BCUT2D eigenvalue weighted by Crippen LogP contribution is -2.43. The van der Waals surface area contributed by atoms with Crippen LogP contribution in [0.4, 0.5) is 4.79 Å². The number of ether oxygens (including phenoxy) is 1. The standard InChI is InChI=1S/C18H32BN3O4/c1-15(2,3)24-14(23)20-12-16(4,5)22-11-13(10-21-22)19-25-17(6,7)18(8,9)26-19/h10-11H,12H2,1-9H3,(H,20,23). The van der Waals surface area contributed by atoms with Crippen molar-refractivity contribution in [3.63, 3.8) is 0 Å². The Labute approximate surface area is 156 Å². The minimum absolute atomic E-state index is 0.381. The maximum absolute atomic E-state index is 11.9. The van der Waals surface area contributed by atoms with E-state index in [-0.39, 0.29) is 0 Å². The number of hydrogen-bond acceptors (Lipinski definition) is 5. The van der Waals surface area contributed by atoms with E-state index in [0.717, 1.165) is 5.46 Å². The molecule has 0 radical (unpaired) electrons. The van der Waals surface area contributed by atoms with Crippen LogP contribution in [0.2, 0.25) is 0 Å². The minimum atomic E-state index is -0.524. The first-order chi connectivity index (χ1) is 11.6. The molecule has 8 heteroatoms. The van der Waals surface area contributed by atoms with E-state index in [1.165, 1.54) is 0 Å².